The van der Waals surface area contributed by atoms with E-state index in [1.54, 1.807) is 13.0 Å². The Morgan fingerprint density at radius 1 is 1.31 bits per heavy atom. The van der Waals surface area contributed by atoms with E-state index in [1.807, 2.05) is 4.90 Å². The zero-order valence-corrected chi connectivity index (χ0v) is 23.5. The van der Waals surface area contributed by atoms with Crippen LogP contribution >= 0.6 is 0 Å². The molecule has 0 aliphatic carbocycles. The van der Waals surface area contributed by atoms with E-state index >= 15 is 0 Å². The van der Waals surface area contributed by atoms with Crippen LogP contribution in [0.2, 0.25) is 0 Å². The lowest BCUT2D eigenvalue weighted by atomic mass is 9.95. The summed E-state index contributed by atoms with van der Waals surface area (Å²) in [6.45, 7) is 4.76. The van der Waals surface area contributed by atoms with Crippen LogP contribution in [0, 0.1) is 5.82 Å². The van der Waals surface area contributed by atoms with E-state index in [0.717, 1.165) is 63.1 Å². The van der Waals surface area contributed by atoms with Crippen molar-refractivity contribution in [1.82, 2.24) is 14.8 Å². The van der Waals surface area contributed by atoms with Crippen molar-refractivity contribution in [3.63, 3.8) is 0 Å². The minimum absolute atomic E-state index is 0.0442. The molecule has 2 aliphatic rings. The number of hydrogen-bond donors (Lipinski definition) is 3. The first kappa shape index (κ1) is 29.2. The zero-order valence-electron chi connectivity index (χ0n) is 23.5. The fourth-order valence-electron chi connectivity index (χ4n) is 5.83. The number of unbranched alkanes of at least 4 members (excludes halogenated alkanes) is 2. The second kappa shape index (κ2) is 13.5. The molecule has 9 heteroatoms. The monoisotopic (exact) mass is 542 g/mol. The average Bonchev–Trinajstić information content (AvgIpc) is 3.41. The van der Waals surface area contributed by atoms with E-state index in [4.69, 9.17) is 9.72 Å². The highest BCUT2D eigenvalue weighted by Gasteiger charge is 2.37. The highest BCUT2D eigenvalue weighted by atomic mass is 19.1. The number of ether oxygens (including phenoxy) is 1. The van der Waals surface area contributed by atoms with Gasteiger partial charge in [-0.25, -0.2) is 9.37 Å². The summed E-state index contributed by atoms with van der Waals surface area (Å²) in [5.74, 6) is -0.936. The molecule has 2 aliphatic heterocycles. The van der Waals surface area contributed by atoms with Crippen LogP contribution in [0.4, 0.5) is 10.2 Å². The van der Waals surface area contributed by atoms with Crippen molar-refractivity contribution in [2.24, 2.45) is 0 Å². The summed E-state index contributed by atoms with van der Waals surface area (Å²) < 4.78 is 20.2. The third-order valence-corrected chi connectivity index (χ3v) is 8.25. The molecule has 214 valence electrons. The summed E-state index contributed by atoms with van der Waals surface area (Å²) in [7, 11) is 3.46. The van der Waals surface area contributed by atoms with Gasteiger partial charge in [-0.15, -0.1) is 0 Å². The number of carbonyl (C=O) groups is 1. The molecule has 0 radical (unpaired) electrons. The molecule has 1 aromatic heterocycles. The number of likely N-dealkylation sites (N-methyl/N-ethyl adjacent to an activating group) is 1. The Hall–Kier alpha value is -2.75. The van der Waals surface area contributed by atoms with E-state index in [9.17, 15) is 19.4 Å². The van der Waals surface area contributed by atoms with Crippen LogP contribution in [0.1, 0.15) is 73.4 Å². The molecule has 0 spiro atoms. The number of aryl methyl sites for hydroxylation is 2. The number of nitrogens with zero attached hydrogens (tertiary/aromatic N) is 3. The molecule has 4 rings (SSSR count). The van der Waals surface area contributed by atoms with Crippen LogP contribution in [0.15, 0.2) is 24.3 Å². The smallest absolute Gasteiger partial charge is 0.325 e. The Kier molecular flexibility index (Phi) is 10.2. The molecule has 1 saturated heterocycles. The van der Waals surface area contributed by atoms with Crippen molar-refractivity contribution < 1.29 is 24.1 Å². The number of fused-ring (bicyclic) bond motifs is 1. The van der Waals surface area contributed by atoms with Crippen molar-refractivity contribution in [2.75, 3.05) is 52.3 Å². The second-order valence-electron chi connectivity index (χ2n) is 11.0. The number of aliphatic hydroxyl groups is 1. The van der Waals surface area contributed by atoms with E-state index in [2.05, 4.69) is 29.4 Å². The summed E-state index contributed by atoms with van der Waals surface area (Å²) in [5.41, 5.74) is 3.33. The molecule has 39 heavy (non-hydrogen) atoms. The molecule has 8 nitrogen and oxygen atoms in total. The number of aliphatic hydroxyl groups excluding tert-OH is 1. The fraction of sp³-hybridized carbons (Fsp3) is 0.600. The number of hydrogen-bond acceptors (Lipinski definition) is 7. The summed E-state index contributed by atoms with van der Waals surface area (Å²) in [4.78, 5) is 21.5. The Morgan fingerprint density at radius 3 is 2.87 bits per heavy atom. The second-order valence-corrected chi connectivity index (χ2v) is 11.0. The number of carboxylic acid groups (broad SMARTS) is 1. The van der Waals surface area contributed by atoms with E-state index in [1.165, 1.54) is 25.2 Å². The minimum Gasteiger partial charge on any atom is -0.493 e. The average molecular weight is 543 g/mol. The van der Waals surface area contributed by atoms with Gasteiger partial charge in [-0.3, -0.25) is 9.69 Å². The maximum atomic E-state index is 14.9. The molecule has 1 fully saturated rings. The van der Waals surface area contributed by atoms with E-state index in [0.29, 0.717) is 24.2 Å². The number of anilines is 1. The number of pyridine rings is 1. The maximum absolute atomic E-state index is 14.9. The molecular weight excluding hydrogens is 499 g/mol. The molecular formula is C30H43FN4O4. The van der Waals surface area contributed by atoms with Gasteiger partial charge in [-0.2, -0.15) is 0 Å². The van der Waals surface area contributed by atoms with Crippen molar-refractivity contribution in [2.45, 2.75) is 69.9 Å². The highest BCUT2D eigenvalue weighted by Crippen LogP contribution is 2.37. The predicted molar refractivity (Wildman–Crippen MR) is 150 cm³/mol. The summed E-state index contributed by atoms with van der Waals surface area (Å²) in [6, 6.07) is 6.58. The van der Waals surface area contributed by atoms with E-state index in [-0.39, 0.29) is 24.3 Å². The van der Waals surface area contributed by atoms with Crippen molar-refractivity contribution in [3.8, 4) is 5.75 Å². The number of aromatic nitrogens is 1. The summed E-state index contributed by atoms with van der Waals surface area (Å²) in [6.07, 6.45) is 7.36. The van der Waals surface area contributed by atoms with Gasteiger partial charge in [0.05, 0.1) is 7.11 Å². The largest absolute Gasteiger partial charge is 0.493 e. The first-order valence-electron chi connectivity index (χ1n) is 14.2. The number of rotatable bonds is 13. The standard InChI is InChI=1S/C30H43FN4O4/c1-20(19-36)22-16-25(28(39-3)26(31)17-22)27(30(37)38)35-15-12-24(18-35)34(2)14-6-4-5-9-23-11-10-21-8-7-13-32-29(21)33-23/h10-11,16-17,20,24,27,36H,4-9,12-15,18-19H2,1-3H3,(H,32,33)(H,37,38)/t20-,24-,27?/m1/s1. The lowest BCUT2D eigenvalue weighted by Crippen LogP contribution is -2.38. The van der Waals surface area contributed by atoms with Crippen LogP contribution in [0.3, 0.4) is 0 Å². The highest BCUT2D eigenvalue weighted by molar-refractivity contribution is 5.77. The number of likely N-dealkylation sites (tertiary alicyclic amines) is 1. The van der Waals surface area contributed by atoms with Crippen molar-refractivity contribution >= 4 is 11.8 Å². The predicted octanol–water partition coefficient (Wildman–Crippen LogP) is 4.23. The first-order chi connectivity index (χ1) is 18.8. The van der Waals surface area contributed by atoms with Gasteiger partial charge in [-0.05, 0) is 81.4 Å². The van der Waals surface area contributed by atoms with Crippen LogP contribution in [-0.2, 0) is 17.6 Å². The fourth-order valence-corrected chi connectivity index (χ4v) is 5.83. The topological polar surface area (TPSA) is 98.2 Å². The molecule has 0 bridgehead atoms. The maximum Gasteiger partial charge on any atom is 0.325 e. The molecule has 0 amide bonds. The Bertz CT molecular complexity index is 1130. The molecule has 1 unspecified atom stereocenters. The van der Waals surface area contributed by atoms with Gasteiger partial charge in [0, 0.05) is 49.5 Å². The van der Waals surface area contributed by atoms with Crippen LogP contribution < -0.4 is 10.1 Å². The summed E-state index contributed by atoms with van der Waals surface area (Å²) >= 11 is 0. The first-order valence-corrected chi connectivity index (χ1v) is 14.2. The molecule has 1 aromatic carbocycles. The Morgan fingerprint density at radius 2 is 2.13 bits per heavy atom. The van der Waals surface area contributed by atoms with E-state index < -0.39 is 17.8 Å². The number of halogens is 1. The lowest BCUT2D eigenvalue weighted by Gasteiger charge is -2.29. The van der Waals surface area contributed by atoms with Crippen LogP contribution in [0.5, 0.6) is 5.75 Å². The molecule has 0 saturated carbocycles. The Labute approximate surface area is 231 Å². The third-order valence-electron chi connectivity index (χ3n) is 8.25. The molecule has 3 N–H and O–H groups in total. The van der Waals surface area contributed by atoms with Gasteiger partial charge in [0.15, 0.2) is 11.6 Å². The van der Waals surface area contributed by atoms with Gasteiger partial charge in [0.25, 0.3) is 0 Å². The van der Waals surface area contributed by atoms with Gasteiger partial charge in [0.2, 0.25) is 0 Å². The Balaban J connectivity index is 1.30. The summed E-state index contributed by atoms with van der Waals surface area (Å²) in [5, 5.41) is 23.1. The van der Waals surface area contributed by atoms with Crippen LogP contribution in [0.25, 0.3) is 0 Å². The number of aliphatic carboxylic acids is 1. The third kappa shape index (κ3) is 7.07. The van der Waals surface area contributed by atoms with Gasteiger partial charge in [-0.1, -0.05) is 19.4 Å². The SMILES string of the molecule is COc1c(F)cc([C@H](C)CO)cc1C(C(=O)O)N1CC[C@@H](N(C)CCCCCc2ccc3c(n2)NCCC3)C1. The molecule has 2 aromatic rings. The quantitative estimate of drug-likeness (QED) is 0.324. The zero-order chi connectivity index (χ0) is 27.9. The van der Waals surface area contributed by atoms with Gasteiger partial charge in [0.1, 0.15) is 11.9 Å². The number of benzene rings is 1. The van der Waals surface area contributed by atoms with Crippen LogP contribution in [-0.4, -0.2) is 84.0 Å². The molecule has 3 heterocycles. The number of methoxy groups -OCH3 is 1. The van der Waals surface area contributed by atoms with Crippen molar-refractivity contribution in [3.05, 3.63) is 52.5 Å². The van der Waals surface area contributed by atoms with Crippen molar-refractivity contribution in [1.29, 1.82) is 0 Å². The lowest BCUT2D eigenvalue weighted by molar-refractivity contribution is -0.143. The normalized spacial score (nSPS) is 19.0. The molecule has 3 atom stereocenters. The minimum atomic E-state index is -1.03. The van der Waals surface area contributed by atoms with Gasteiger partial charge >= 0.3 is 5.97 Å². The number of carboxylic acids is 1. The van der Waals surface area contributed by atoms with Gasteiger partial charge < -0.3 is 25.2 Å². The number of nitrogens with one attached hydrogen (secondary N) is 1.